The number of hydrogen-bond acceptors (Lipinski definition) is 6. The Morgan fingerprint density at radius 1 is 1.12 bits per heavy atom. The van der Waals surface area contributed by atoms with Crippen molar-refractivity contribution in [3.63, 3.8) is 0 Å². The molecule has 1 fully saturated rings. The Bertz CT molecular complexity index is 1340. The van der Waals surface area contributed by atoms with E-state index < -0.39 is 27.8 Å². The number of benzene rings is 2. The standard InChI is InChI=1S/C25H31N3O5S/c1-25(2,3)33-24(30)28-21-9-7-6-8-17(21)14-23(28)20-15-19(34(31,32)26(4)5)10-11-22(20)27-13-12-18(29)16-27/h6-11,14-15,18,29H,12-13,16H2,1-5H3/t18-/m0/s1. The highest BCUT2D eigenvalue weighted by atomic mass is 32.2. The summed E-state index contributed by atoms with van der Waals surface area (Å²) in [4.78, 5) is 15.5. The van der Waals surface area contributed by atoms with E-state index in [-0.39, 0.29) is 4.90 Å². The molecule has 0 bridgehead atoms. The van der Waals surface area contributed by atoms with Gasteiger partial charge in [-0.2, -0.15) is 0 Å². The van der Waals surface area contributed by atoms with E-state index in [0.29, 0.717) is 36.3 Å². The quantitative estimate of drug-likeness (QED) is 0.602. The van der Waals surface area contributed by atoms with Gasteiger partial charge in [-0.05, 0) is 57.5 Å². The van der Waals surface area contributed by atoms with Crippen molar-refractivity contribution in [2.75, 3.05) is 32.1 Å². The maximum Gasteiger partial charge on any atom is 0.419 e. The van der Waals surface area contributed by atoms with E-state index in [9.17, 15) is 18.3 Å². The van der Waals surface area contributed by atoms with Gasteiger partial charge in [-0.25, -0.2) is 22.1 Å². The molecule has 1 N–H and O–H groups in total. The first-order valence-electron chi connectivity index (χ1n) is 11.2. The highest BCUT2D eigenvalue weighted by Gasteiger charge is 2.29. The number of aliphatic hydroxyl groups excluding tert-OH is 1. The monoisotopic (exact) mass is 485 g/mol. The van der Waals surface area contributed by atoms with E-state index in [1.54, 1.807) is 39.0 Å². The lowest BCUT2D eigenvalue weighted by molar-refractivity contribution is 0.0547. The number of carbonyl (C=O) groups excluding carboxylic acids is 1. The number of carbonyl (C=O) groups is 1. The molecule has 4 rings (SSSR count). The second-order valence-electron chi connectivity index (χ2n) is 9.76. The predicted octanol–water partition coefficient (Wildman–Crippen LogP) is 3.91. The Morgan fingerprint density at radius 3 is 2.44 bits per heavy atom. The largest absolute Gasteiger partial charge is 0.443 e. The topological polar surface area (TPSA) is 92.1 Å². The van der Waals surface area contributed by atoms with Crippen LogP contribution in [0.25, 0.3) is 22.2 Å². The molecular weight excluding hydrogens is 454 g/mol. The van der Waals surface area contributed by atoms with Gasteiger partial charge in [0.1, 0.15) is 5.60 Å². The van der Waals surface area contributed by atoms with Crippen molar-refractivity contribution in [2.24, 2.45) is 0 Å². The molecule has 0 aliphatic carbocycles. The van der Waals surface area contributed by atoms with Crippen molar-refractivity contribution in [2.45, 2.75) is 43.8 Å². The van der Waals surface area contributed by atoms with Crippen LogP contribution >= 0.6 is 0 Å². The van der Waals surface area contributed by atoms with Gasteiger partial charge in [0.2, 0.25) is 10.0 Å². The number of nitrogens with zero attached hydrogens (tertiary/aromatic N) is 3. The molecule has 0 saturated carbocycles. The van der Waals surface area contributed by atoms with Crippen molar-refractivity contribution in [1.82, 2.24) is 8.87 Å². The molecule has 0 amide bonds. The Labute approximate surface area is 200 Å². The summed E-state index contributed by atoms with van der Waals surface area (Å²) in [5.74, 6) is 0. The fourth-order valence-corrected chi connectivity index (χ4v) is 5.11. The average molecular weight is 486 g/mol. The summed E-state index contributed by atoms with van der Waals surface area (Å²) in [6.45, 7) is 6.47. The second-order valence-corrected chi connectivity index (χ2v) is 11.9. The Morgan fingerprint density at radius 2 is 1.82 bits per heavy atom. The number of para-hydroxylation sites is 1. The number of ether oxygens (including phenoxy) is 1. The predicted molar refractivity (Wildman–Crippen MR) is 133 cm³/mol. The van der Waals surface area contributed by atoms with Crippen LogP contribution in [0.3, 0.4) is 0 Å². The molecule has 1 aliphatic rings. The van der Waals surface area contributed by atoms with Crippen molar-refractivity contribution in [3.8, 4) is 11.3 Å². The van der Waals surface area contributed by atoms with Crippen LogP contribution in [0.5, 0.6) is 0 Å². The van der Waals surface area contributed by atoms with Crippen molar-refractivity contribution < 1.29 is 23.1 Å². The van der Waals surface area contributed by atoms with Crippen molar-refractivity contribution in [3.05, 3.63) is 48.5 Å². The van der Waals surface area contributed by atoms with Crippen LogP contribution in [0.15, 0.2) is 53.4 Å². The lowest BCUT2D eigenvalue weighted by Crippen LogP contribution is -2.28. The molecule has 1 aliphatic heterocycles. The minimum absolute atomic E-state index is 0.122. The third-order valence-electron chi connectivity index (χ3n) is 5.81. The van der Waals surface area contributed by atoms with Gasteiger partial charge in [0.15, 0.2) is 0 Å². The number of β-amino-alcohol motifs (C(OH)–C–C–N with tert-alkyl or cyclic N) is 1. The molecule has 2 heterocycles. The van der Waals surface area contributed by atoms with E-state index >= 15 is 0 Å². The Kier molecular flexibility index (Phi) is 6.22. The maximum atomic E-state index is 13.4. The minimum Gasteiger partial charge on any atom is -0.443 e. The lowest BCUT2D eigenvalue weighted by atomic mass is 10.1. The van der Waals surface area contributed by atoms with Crippen LogP contribution in [0.2, 0.25) is 0 Å². The van der Waals surface area contributed by atoms with E-state index in [1.165, 1.54) is 18.7 Å². The second kappa shape index (κ2) is 8.72. The third-order valence-corrected chi connectivity index (χ3v) is 7.62. The van der Waals surface area contributed by atoms with Crippen LogP contribution in [0.4, 0.5) is 10.5 Å². The van der Waals surface area contributed by atoms with Gasteiger partial charge in [0.05, 0.1) is 22.2 Å². The van der Waals surface area contributed by atoms with Crippen LogP contribution in [0.1, 0.15) is 27.2 Å². The molecule has 182 valence electrons. The van der Waals surface area contributed by atoms with E-state index in [2.05, 4.69) is 0 Å². The smallest absolute Gasteiger partial charge is 0.419 e. The zero-order chi connectivity index (χ0) is 24.8. The molecule has 0 radical (unpaired) electrons. The van der Waals surface area contributed by atoms with E-state index in [1.807, 2.05) is 35.2 Å². The molecule has 0 spiro atoms. The van der Waals surface area contributed by atoms with Gasteiger partial charge in [-0.3, -0.25) is 0 Å². The normalized spacial score (nSPS) is 17.0. The summed E-state index contributed by atoms with van der Waals surface area (Å²) < 4.78 is 34.3. The number of hydrogen-bond donors (Lipinski definition) is 1. The van der Waals surface area contributed by atoms with Gasteiger partial charge < -0.3 is 14.7 Å². The lowest BCUT2D eigenvalue weighted by Gasteiger charge is -2.25. The third kappa shape index (κ3) is 4.55. The summed E-state index contributed by atoms with van der Waals surface area (Å²) in [6.07, 6.45) is -0.390. The highest BCUT2D eigenvalue weighted by Crippen LogP contribution is 2.38. The number of rotatable bonds is 4. The molecule has 34 heavy (non-hydrogen) atoms. The van der Waals surface area contributed by atoms with E-state index in [4.69, 9.17) is 4.74 Å². The summed E-state index contributed by atoms with van der Waals surface area (Å²) >= 11 is 0. The first-order chi connectivity index (χ1) is 15.9. The minimum atomic E-state index is -3.71. The fraction of sp³-hybridized carbons (Fsp3) is 0.400. The zero-order valence-electron chi connectivity index (χ0n) is 20.1. The molecule has 3 aromatic rings. The summed E-state index contributed by atoms with van der Waals surface area (Å²) in [7, 11) is -0.743. The highest BCUT2D eigenvalue weighted by molar-refractivity contribution is 7.89. The Hall–Kier alpha value is -2.88. The molecule has 1 saturated heterocycles. The van der Waals surface area contributed by atoms with Gasteiger partial charge in [-0.1, -0.05) is 18.2 Å². The number of fused-ring (bicyclic) bond motifs is 1. The molecule has 2 aromatic carbocycles. The van der Waals surface area contributed by atoms with Gasteiger partial charge in [-0.15, -0.1) is 0 Å². The SMILES string of the molecule is CN(C)S(=O)(=O)c1ccc(N2CC[C@H](O)C2)c(-c2cc3ccccc3n2C(=O)OC(C)(C)C)c1. The average Bonchev–Trinajstić information content (AvgIpc) is 3.35. The molecule has 1 aromatic heterocycles. The number of aromatic nitrogens is 1. The van der Waals surface area contributed by atoms with Gasteiger partial charge in [0.25, 0.3) is 0 Å². The van der Waals surface area contributed by atoms with E-state index in [0.717, 1.165) is 15.4 Å². The number of aliphatic hydroxyl groups is 1. The van der Waals surface area contributed by atoms with Crippen LogP contribution in [-0.2, 0) is 14.8 Å². The van der Waals surface area contributed by atoms with Crippen molar-refractivity contribution in [1.29, 1.82) is 0 Å². The number of sulfonamides is 1. The molecule has 0 unspecified atom stereocenters. The zero-order valence-corrected chi connectivity index (χ0v) is 21.0. The Balaban J connectivity index is 1.99. The summed E-state index contributed by atoms with van der Waals surface area (Å²) in [6, 6.07) is 14.3. The van der Waals surface area contributed by atoms with Crippen LogP contribution in [0, 0.1) is 0 Å². The van der Waals surface area contributed by atoms with Crippen molar-refractivity contribution >= 4 is 32.7 Å². The van der Waals surface area contributed by atoms with Gasteiger partial charge >= 0.3 is 6.09 Å². The fourth-order valence-electron chi connectivity index (χ4n) is 4.19. The van der Waals surface area contributed by atoms with Gasteiger partial charge in [0, 0.05) is 43.8 Å². The van der Waals surface area contributed by atoms with Crippen LogP contribution in [-0.4, -0.2) is 67.4 Å². The first-order valence-corrected chi connectivity index (χ1v) is 12.7. The molecule has 1 atom stereocenters. The number of anilines is 1. The van der Waals surface area contributed by atoms with Crippen LogP contribution < -0.4 is 4.90 Å². The molecular formula is C25H31N3O5S. The molecule has 8 nitrogen and oxygen atoms in total. The maximum absolute atomic E-state index is 13.4. The summed E-state index contributed by atoms with van der Waals surface area (Å²) in [5.41, 5.74) is 1.82. The molecule has 9 heteroatoms. The summed E-state index contributed by atoms with van der Waals surface area (Å²) in [5, 5.41) is 11.0. The first kappa shape index (κ1) is 24.3.